The molecule has 17 atom stereocenters. The van der Waals surface area contributed by atoms with Crippen LogP contribution in [0.5, 0.6) is 0 Å². The summed E-state index contributed by atoms with van der Waals surface area (Å²) in [4.78, 5) is 86.1. The highest BCUT2D eigenvalue weighted by Gasteiger charge is 2.55. The van der Waals surface area contributed by atoms with Gasteiger partial charge in [0.25, 0.3) is 5.91 Å². The molecule has 0 unspecified atom stereocenters. The second-order valence-electron chi connectivity index (χ2n) is 25.2. The minimum absolute atomic E-state index is 0.0341. The monoisotopic (exact) mass is 1470 g/mol. The first-order valence-electron chi connectivity index (χ1n) is 35.3. The van der Waals surface area contributed by atoms with Crippen LogP contribution in [0.25, 0.3) is 10.4 Å². The SMILES string of the molecule is CCCCO[C@H](CN=[N+]=[N-])[C@@H](OCCCC)C(=O)N[C@@H]1C[C@H](NC(=O)OCc2ccccc2)[C@@H](O[C@H]2O[C@H](CNC(=O)OCc3ccccc3)C=C[C@H]2NC(=O)OCc2ccccc2)[C@H](O[C@@H]2O[C@H](CO)[C@@H](O[C@H]3O[C@@H](CNC(=O)OCc4ccccc4)C=C[C@H]3NC(=O)OCc3ccccc3)[C@H]2O)[C@H]1O. The Morgan fingerprint density at radius 3 is 1.32 bits per heavy atom. The summed E-state index contributed by atoms with van der Waals surface area (Å²) in [6.07, 6.45) is -16.5. The number of nitrogens with zero attached hydrogens (tertiary/aromatic N) is 3. The van der Waals surface area contributed by atoms with Gasteiger partial charge in [-0.05, 0) is 52.6 Å². The smallest absolute Gasteiger partial charge is 0.408 e. The van der Waals surface area contributed by atoms with E-state index in [-0.39, 0.29) is 65.9 Å². The number of azide groups is 1. The highest BCUT2D eigenvalue weighted by atomic mass is 16.8. The average Bonchev–Trinajstić information content (AvgIpc) is 1.38. The molecule has 31 heteroatoms. The zero-order valence-electron chi connectivity index (χ0n) is 58.8. The van der Waals surface area contributed by atoms with Crippen LogP contribution >= 0.6 is 0 Å². The van der Waals surface area contributed by atoms with Crippen molar-refractivity contribution in [3.8, 4) is 0 Å². The van der Waals surface area contributed by atoms with Crippen LogP contribution in [0.2, 0.25) is 0 Å². The van der Waals surface area contributed by atoms with Crippen molar-refractivity contribution in [1.29, 1.82) is 0 Å². The third-order valence-corrected chi connectivity index (χ3v) is 17.3. The standard InChI is InChI=1S/C75H93N9O22/c1-3-5-36-94-59(41-79-84-76)65(95-37-6-4-2)67(88)80-57-38-58(83-75(93)100-47-52-30-20-11-21-31-52)63(104-68-55(81-73(91)98-45-50-26-16-9-17-27-50)34-32-53(101-68)39-77-71(89)96-43-48-22-12-7-13-23-48)66(61(57)86)106-70-62(87)64(60(42-85)103-70)105-69-56(82-74(92)99-46-51-28-18-10-19-29-51)35-33-54(102-69)40-78-72(90)97-44-49-24-14-8-15-25-49/h7-35,53-66,68-70,85-87H,3-6,36-47H2,1-2H3,(H,77,89)(H,78,90)(H,80,88)(H,81,91)(H,82,92)(H,83,93)/t53-,54+,55+,56+,57+,58-,59+,60+,61-,62+,63+,64+,65+,66+,68+,69+,70-/m0/s1. The van der Waals surface area contributed by atoms with Gasteiger partial charge in [-0.25, -0.2) is 24.0 Å². The molecular formula is C75H93N9O22. The van der Waals surface area contributed by atoms with Gasteiger partial charge in [-0.3, -0.25) is 4.79 Å². The number of aliphatic hydroxyl groups is 3. The van der Waals surface area contributed by atoms with E-state index in [4.69, 9.17) is 61.6 Å². The summed E-state index contributed by atoms with van der Waals surface area (Å²) in [6.45, 7) is 1.87. The summed E-state index contributed by atoms with van der Waals surface area (Å²) < 4.78 is 79.8. The summed E-state index contributed by atoms with van der Waals surface area (Å²) in [7, 11) is 0. The van der Waals surface area contributed by atoms with Gasteiger partial charge in [-0.2, -0.15) is 0 Å². The van der Waals surface area contributed by atoms with E-state index in [1.54, 1.807) is 152 Å². The molecule has 2 fully saturated rings. The maximum atomic E-state index is 15.1. The molecule has 9 rings (SSSR count). The number of alkyl carbamates (subject to hydrolysis) is 5. The number of benzene rings is 5. The molecular weight excluding hydrogens is 1380 g/mol. The van der Waals surface area contributed by atoms with Gasteiger partial charge < -0.3 is 109 Å². The zero-order valence-corrected chi connectivity index (χ0v) is 58.8. The Morgan fingerprint density at radius 2 is 0.896 bits per heavy atom. The zero-order chi connectivity index (χ0) is 74.8. The Hall–Kier alpha value is -9.73. The number of ether oxygens (including phenoxy) is 13. The first kappa shape index (κ1) is 80.4. The molecule has 1 saturated heterocycles. The number of aliphatic hydroxyl groups excluding tert-OH is 3. The Morgan fingerprint density at radius 1 is 0.491 bits per heavy atom. The van der Waals surface area contributed by atoms with Crippen molar-refractivity contribution in [1.82, 2.24) is 31.9 Å². The van der Waals surface area contributed by atoms with Crippen LogP contribution in [-0.4, -0.2) is 195 Å². The largest absolute Gasteiger partial charge is 0.445 e. The molecule has 6 amide bonds. The molecule has 9 N–H and O–H groups in total. The number of nitrogens with one attached hydrogen (secondary N) is 6. The van der Waals surface area contributed by atoms with E-state index in [0.717, 1.165) is 17.5 Å². The van der Waals surface area contributed by atoms with Crippen molar-refractivity contribution in [3.63, 3.8) is 0 Å². The molecule has 5 aromatic carbocycles. The second-order valence-corrected chi connectivity index (χ2v) is 25.2. The highest BCUT2D eigenvalue weighted by Crippen LogP contribution is 2.35. The lowest BCUT2D eigenvalue weighted by atomic mass is 9.83. The normalized spacial score (nSPS) is 25.0. The van der Waals surface area contributed by atoms with Gasteiger partial charge >= 0.3 is 30.5 Å². The predicted molar refractivity (Wildman–Crippen MR) is 378 cm³/mol. The molecule has 1 saturated carbocycles. The van der Waals surface area contributed by atoms with Crippen LogP contribution in [0.1, 0.15) is 73.8 Å². The molecule has 1 aliphatic carbocycles. The molecule has 3 aliphatic heterocycles. The minimum atomic E-state index is -1.95. The van der Waals surface area contributed by atoms with E-state index in [2.05, 4.69) is 41.9 Å². The van der Waals surface area contributed by atoms with Crippen molar-refractivity contribution >= 4 is 36.4 Å². The van der Waals surface area contributed by atoms with Crippen molar-refractivity contribution in [2.75, 3.05) is 39.5 Å². The van der Waals surface area contributed by atoms with Crippen LogP contribution in [0.15, 0.2) is 181 Å². The number of amides is 6. The van der Waals surface area contributed by atoms with E-state index in [1.165, 1.54) is 12.2 Å². The van der Waals surface area contributed by atoms with Crippen LogP contribution in [0.3, 0.4) is 0 Å². The Balaban J connectivity index is 1.05. The quantitative estimate of drug-likeness (QED) is 0.00465. The average molecular weight is 1470 g/mol. The van der Waals surface area contributed by atoms with Gasteiger partial charge in [0.1, 0.15) is 81.7 Å². The predicted octanol–water partition coefficient (Wildman–Crippen LogP) is 7.45. The Labute approximate surface area is 613 Å². The minimum Gasteiger partial charge on any atom is -0.445 e. The van der Waals surface area contributed by atoms with Crippen molar-refractivity contribution in [3.05, 3.63) is 214 Å². The van der Waals surface area contributed by atoms with E-state index in [9.17, 15) is 44.8 Å². The van der Waals surface area contributed by atoms with Gasteiger partial charge in [0, 0.05) is 18.1 Å². The van der Waals surface area contributed by atoms with E-state index in [1.807, 2.05) is 26.0 Å². The molecule has 0 aromatic heterocycles. The summed E-state index contributed by atoms with van der Waals surface area (Å²) >= 11 is 0. The fraction of sp³-hybridized carbons (Fsp3) is 0.467. The molecule has 0 spiro atoms. The molecule has 4 aliphatic rings. The number of carbonyl (C=O) groups is 6. The van der Waals surface area contributed by atoms with Gasteiger partial charge in [0.05, 0.1) is 56.6 Å². The number of hydrogen-bond acceptors (Lipinski definition) is 23. The van der Waals surface area contributed by atoms with E-state index < -0.39 is 153 Å². The third kappa shape index (κ3) is 25.5. The summed E-state index contributed by atoms with van der Waals surface area (Å²) in [5, 5.41) is 57.2. The van der Waals surface area contributed by atoms with E-state index >= 15 is 4.79 Å². The van der Waals surface area contributed by atoms with Crippen molar-refractivity contribution < 1.29 is 106 Å². The number of rotatable bonds is 37. The van der Waals surface area contributed by atoms with Crippen molar-refractivity contribution in [2.45, 2.75) is 183 Å². The molecule has 31 nitrogen and oxygen atoms in total. The first-order valence-corrected chi connectivity index (χ1v) is 35.3. The van der Waals surface area contributed by atoms with Crippen LogP contribution < -0.4 is 31.9 Å². The number of carbonyl (C=O) groups excluding carboxylic acids is 6. The Kier molecular flexibility index (Phi) is 32.6. The fourth-order valence-corrected chi connectivity index (χ4v) is 11.7. The van der Waals surface area contributed by atoms with Crippen LogP contribution in [0, 0.1) is 0 Å². The maximum Gasteiger partial charge on any atom is 0.408 e. The summed E-state index contributed by atoms with van der Waals surface area (Å²) in [5.74, 6) is -0.841. The lowest BCUT2D eigenvalue weighted by Gasteiger charge is -2.47. The van der Waals surface area contributed by atoms with Crippen LogP contribution in [0.4, 0.5) is 24.0 Å². The molecule has 570 valence electrons. The maximum absolute atomic E-state index is 15.1. The number of hydrogen-bond donors (Lipinski definition) is 9. The number of unbranched alkanes of at least 4 members (excludes halogenated alkanes) is 2. The molecule has 106 heavy (non-hydrogen) atoms. The topological polar surface area (TPSA) is 404 Å². The Bertz CT molecular complexity index is 3610. The lowest BCUT2D eigenvalue weighted by molar-refractivity contribution is -0.282. The summed E-state index contributed by atoms with van der Waals surface area (Å²) in [5.41, 5.74) is 12.9. The summed E-state index contributed by atoms with van der Waals surface area (Å²) in [6, 6.07) is 39.1. The first-order chi connectivity index (χ1) is 51.7. The van der Waals surface area contributed by atoms with Gasteiger partial charge in [-0.1, -0.05) is 208 Å². The third-order valence-electron chi connectivity index (χ3n) is 17.3. The highest BCUT2D eigenvalue weighted by molar-refractivity contribution is 5.82. The molecule has 0 radical (unpaired) electrons. The molecule has 5 aromatic rings. The second kappa shape index (κ2) is 43.0. The van der Waals surface area contributed by atoms with Gasteiger partial charge in [0.15, 0.2) is 25.0 Å². The van der Waals surface area contributed by atoms with Crippen molar-refractivity contribution in [2.24, 2.45) is 5.11 Å². The molecule has 0 bridgehead atoms. The van der Waals surface area contributed by atoms with Gasteiger partial charge in [0.2, 0.25) is 0 Å². The van der Waals surface area contributed by atoms with E-state index in [0.29, 0.717) is 36.0 Å². The molecule has 3 heterocycles. The lowest BCUT2D eigenvalue weighted by Crippen LogP contribution is -2.68. The van der Waals surface area contributed by atoms with Gasteiger partial charge in [-0.15, -0.1) is 0 Å². The van der Waals surface area contributed by atoms with Crippen LogP contribution in [-0.2, 0) is 99.4 Å². The fourth-order valence-electron chi connectivity index (χ4n) is 11.7.